The van der Waals surface area contributed by atoms with Gasteiger partial charge in [0.2, 0.25) is 0 Å². The first-order chi connectivity index (χ1) is 10.4. The minimum Gasteiger partial charge on any atom is -0.200 e. The zero-order valence-corrected chi connectivity index (χ0v) is 13.9. The molecule has 116 valence electrons. The molecule has 0 aliphatic carbocycles. The maximum absolute atomic E-state index is 12.2. The SMILES string of the molecule is CCC(=NNS(=O)(=O)c1ccc(C)cc1)c1cccc(Cl)c1. The second-order valence-electron chi connectivity index (χ2n) is 4.83. The number of aryl methyl sites for hydroxylation is 1. The lowest BCUT2D eigenvalue weighted by molar-refractivity contribution is 0.584. The highest BCUT2D eigenvalue weighted by molar-refractivity contribution is 7.89. The van der Waals surface area contributed by atoms with E-state index in [0.717, 1.165) is 11.1 Å². The molecule has 0 radical (unpaired) electrons. The molecule has 4 nitrogen and oxygen atoms in total. The Morgan fingerprint density at radius 1 is 1.18 bits per heavy atom. The Morgan fingerprint density at radius 3 is 2.45 bits per heavy atom. The molecule has 0 saturated carbocycles. The van der Waals surface area contributed by atoms with E-state index in [1.807, 2.05) is 19.9 Å². The van der Waals surface area contributed by atoms with Gasteiger partial charge in [-0.15, -0.1) is 0 Å². The minimum absolute atomic E-state index is 0.184. The van der Waals surface area contributed by atoms with Gasteiger partial charge in [-0.3, -0.25) is 0 Å². The molecule has 2 aromatic rings. The molecule has 2 rings (SSSR count). The van der Waals surface area contributed by atoms with Gasteiger partial charge in [-0.2, -0.15) is 18.4 Å². The van der Waals surface area contributed by atoms with Crippen molar-refractivity contribution in [3.8, 4) is 0 Å². The fourth-order valence-corrected chi connectivity index (χ4v) is 2.92. The summed E-state index contributed by atoms with van der Waals surface area (Å²) in [5.74, 6) is 0. The van der Waals surface area contributed by atoms with Crippen molar-refractivity contribution in [3.05, 3.63) is 64.7 Å². The molecule has 0 bridgehead atoms. The van der Waals surface area contributed by atoms with E-state index >= 15 is 0 Å². The molecule has 0 aliphatic heterocycles. The van der Waals surface area contributed by atoms with Crippen molar-refractivity contribution in [1.29, 1.82) is 0 Å². The van der Waals surface area contributed by atoms with Crippen LogP contribution in [0.15, 0.2) is 58.5 Å². The Morgan fingerprint density at radius 2 is 1.86 bits per heavy atom. The number of hydrazone groups is 1. The number of rotatable bonds is 5. The smallest absolute Gasteiger partial charge is 0.200 e. The third-order valence-corrected chi connectivity index (χ3v) is 4.58. The normalized spacial score (nSPS) is 12.2. The molecule has 0 aromatic heterocycles. The van der Waals surface area contributed by atoms with Crippen molar-refractivity contribution in [2.45, 2.75) is 25.2 Å². The number of nitrogens with one attached hydrogen (secondary N) is 1. The summed E-state index contributed by atoms with van der Waals surface area (Å²) in [7, 11) is -3.67. The maximum atomic E-state index is 12.2. The van der Waals surface area contributed by atoms with Gasteiger partial charge in [0.1, 0.15) is 0 Å². The van der Waals surface area contributed by atoms with Gasteiger partial charge in [0.25, 0.3) is 10.0 Å². The molecular formula is C16H17ClN2O2S. The van der Waals surface area contributed by atoms with Crippen LogP contribution < -0.4 is 4.83 Å². The summed E-state index contributed by atoms with van der Waals surface area (Å²) in [5, 5.41) is 4.63. The van der Waals surface area contributed by atoms with Crippen molar-refractivity contribution < 1.29 is 8.42 Å². The lowest BCUT2D eigenvalue weighted by atomic mass is 10.1. The van der Waals surface area contributed by atoms with Gasteiger partial charge < -0.3 is 0 Å². The van der Waals surface area contributed by atoms with Crippen LogP contribution in [0.1, 0.15) is 24.5 Å². The van der Waals surface area contributed by atoms with Crippen molar-refractivity contribution in [2.24, 2.45) is 5.10 Å². The summed E-state index contributed by atoms with van der Waals surface area (Å²) in [4.78, 5) is 2.46. The average molecular weight is 337 g/mol. The summed E-state index contributed by atoms with van der Waals surface area (Å²) in [6.07, 6.45) is 0.580. The van der Waals surface area contributed by atoms with E-state index in [4.69, 9.17) is 11.6 Å². The minimum atomic E-state index is -3.67. The van der Waals surface area contributed by atoms with E-state index in [1.54, 1.807) is 42.5 Å². The van der Waals surface area contributed by atoms with Gasteiger partial charge in [-0.25, -0.2) is 0 Å². The molecule has 0 unspecified atom stereocenters. The van der Waals surface area contributed by atoms with Crippen molar-refractivity contribution >= 4 is 27.3 Å². The lowest BCUT2D eigenvalue weighted by Gasteiger charge is -2.07. The number of hydrogen-bond acceptors (Lipinski definition) is 3. The third kappa shape index (κ3) is 4.08. The van der Waals surface area contributed by atoms with E-state index in [1.165, 1.54) is 0 Å². The van der Waals surface area contributed by atoms with Crippen LogP contribution in [0.3, 0.4) is 0 Å². The van der Waals surface area contributed by atoms with Gasteiger partial charge >= 0.3 is 0 Å². The Labute approximate surface area is 135 Å². The molecule has 0 atom stereocenters. The van der Waals surface area contributed by atoms with Gasteiger partial charge in [-0.1, -0.05) is 48.4 Å². The van der Waals surface area contributed by atoms with Gasteiger partial charge in [0.15, 0.2) is 0 Å². The Bertz CT molecular complexity index is 784. The molecule has 0 spiro atoms. The first-order valence-electron chi connectivity index (χ1n) is 6.83. The first kappa shape index (κ1) is 16.5. The largest absolute Gasteiger partial charge is 0.276 e. The molecule has 0 aliphatic rings. The number of halogens is 1. The van der Waals surface area contributed by atoms with Crippen LogP contribution in [0.5, 0.6) is 0 Å². The molecule has 0 saturated heterocycles. The highest BCUT2D eigenvalue weighted by Gasteiger charge is 2.13. The fraction of sp³-hybridized carbons (Fsp3) is 0.188. The molecule has 2 aromatic carbocycles. The topological polar surface area (TPSA) is 58.5 Å². The predicted octanol–water partition coefficient (Wildman–Crippen LogP) is 3.74. The van der Waals surface area contributed by atoms with Crippen LogP contribution >= 0.6 is 11.6 Å². The summed E-state index contributed by atoms with van der Waals surface area (Å²) in [6, 6.07) is 13.8. The van der Waals surface area contributed by atoms with Crippen molar-refractivity contribution in [3.63, 3.8) is 0 Å². The van der Waals surface area contributed by atoms with Crippen LogP contribution in [-0.4, -0.2) is 14.1 Å². The maximum Gasteiger partial charge on any atom is 0.276 e. The van der Waals surface area contributed by atoms with E-state index in [9.17, 15) is 8.42 Å². The molecule has 0 fully saturated rings. The number of hydrogen-bond donors (Lipinski definition) is 1. The molecule has 22 heavy (non-hydrogen) atoms. The van der Waals surface area contributed by atoms with E-state index in [-0.39, 0.29) is 4.90 Å². The predicted molar refractivity (Wildman–Crippen MR) is 89.8 cm³/mol. The first-order valence-corrected chi connectivity index (χ1v) is 8.69. The van der Waals surface area contributed by atoms with Crippen LogP contribution in [0.2, 0.25) is 5.02 Å². The fourth-order valence-electron chi connectivity index (χ4n) is 1.90. The average Bonchev–Trinajstić information content (AvgIpc) is 2.48. The van der Waals surface area contributed by atoms with Crippen LogP contribution in [0, 0.1) is 6.92 Å². The van der Waals surface area contributed by atoms with Gasteiger partial charge in [0, 0.05) is 5.02 Å². The highest BCUT2D eigenvalue weighted by atomic mass is 35.5. The molecular weight excluding hydrogens is 320 g/mol. The second-order valence-corrected chi connectivity index (χ2v) is 6.93. The zero-order chi connectivity index (χ0) is 16.2. The monoisotopic (exact) mass is 336 g/mol. The summed E-state index contributed by atoms with van der Waals surface area (Å²) in [6.45, 7) is 3.80. The molecule has 0 heterocycles. The van der Waals surface area contributed by atoms with E-state index in [0.29, 0.717) is 17.2 Å². The second kappa shape index (κ2) is 6.94. The molecule has 0 amide bonds. The lowest BCUT2D eigenvalue weighted by Crippen LogP contribution is -2.20. The number of benzene rings is 2. The summed E-state index contributed by atoms with van der Waals surface area (Å²) >= 11 is 5.95. The Kier molecular flexibility index (Phi) is 5.21. The van der Waals surface area contributed by atoms with Crippen LogP contribution in [-0.2, 0) is 10.0 Å². The summed E-state index contributed by atoms with van der Waals surface area (Å²) in [5.41, 5.74) is 2.41. The number of sulfonamides is 1. The molecule has 6 heteroatoms. The van der Waals surface area contributed by atoms with Crippen LogP contribution in [0.25, 0.3) is 0 Å². The number of nitrogens with zero attached hydrogens (tertiary/aromatic N) is 1. The van der Waals surface area contributed by atoms with Crippen LogP contribution in [0.4, 0.5) is 0 Å². The molecule has 1 N–H and O–H groups in total. The highest BCUT2D eigenvalue weighted by Crippen LogP contribution is 2.14. The zero-order valence-electron chi connectivity index (χ0n) is 12.4. The van der Waals surface area contributed by atoms with Crippen molar-refractivity contribution in [1.82, 2.24) is 4.83 Å². The van der Waals surface area contributed by atoms with Gasteiger partial charge in [-0.05, 0) is 43.2 Å². The van der Waals surface area contributed by atoms with E-state index < -0.39 is 10.0 Å². The quantitative estimate of drug-likeness (QED) is 0.668. The standard InChI is InChI=1S/C16H17ClN2O2S/c1-3-16(13-5-4-6-14(17)11-13)18-19-22(20,21)15-9-7-12(2)8-10-15/h4-11,19H,3H2,1-2H3. The van der Waals surface area contributed by atoms with Crippen molar-refractivity contribution in [2.75, 3.05) is 0 Å². The Balaban J connectivity index is 2.26. The third-order valence-electron chi connectivity index (χ3n) is 3.12. The van der Waals surface area contributed by atoms with Gasteiger partial charge in [0.05, 0.1) is 10.6 Å². The Hall–Kier alpha value is -1.85. The van der Waals surface area contributed by atoms with E-state index in [2.05, 4.69) is 9.93 Å². The summed E-state index contributed by atoms with van der Waals surface area (Å²) < 4.78 is 24.4.